The zero-order valence-electron chi connectivity index (χ0n) is 14.9. The molecule has 1 aliphatic rings. The molecule has 0 atom stereocenters. The third-order valence-electron chi connectivity index (χ3n) is 4.32. The summed E-state index contributed by atoms with van der Waals surface area (Å²) in [6.45, 7) is 0. The molecule has 0 bridgehead atoms. The highest BCUT2D eigenvalue weighted by atomic mass is 32.2. The topological polar surface area (TPSA) is 78.9 Å². The summed E-state index contributed by atoms with van der Waals surface area (Å²) in [6.07, 6.45) is 0. The number of carboxylic acids is 1. The normalized spacial score (nSPS) is 12.0. The highest BCUT2D eigenvalue weighted by Crippen LogP contribution is 2.48. The smallest absolute Gasteiger partial charge is 0.335 e. The Kier molecular flexibility index (Phi) is 4.67. The first-order valence-electron chi connectivity index (χ1n) is 8.47. The van der Waals surface area contributed by atoms with E-state index in [0.717, 1.165) is 21.2 Å². The van der Waals surface area contributed by atoms with Gasteiger partial charge in [-0.2, -0.15) is 0 Å². The van der Waals surface area contributed by atoms with Crippen LogP contribution in [0.25, 0.3) is 0 Å². The highest BCUT2D eigenvalue weighted by molar-refractivity contribution is 7.99. The number of amides is 2. The first-order chi connectivity index (χ1) is 13.6. The van der Waals surface area contributed by atoms with Crippen LogP contribution in [-0.2, 0) is 0 Å². The maximum absolute atomic E-state index is 13.2. The minimum atomic E-state index is -1.08. The van der Waals surface area contributed by atoms with Crippen LogP contribution in [0.4, 0.5) is 21.9 Å². The van der Waals surface area contributed by atoms with Gasteiger partial charge in [-0.25, -0.2) is 9.59 Å². The van der Waals surface area contributed by atoms with Crippen LogP contribution in [0.1, 0.15) is 10.4 Å². The number of carboxylic acid groups (broad SMARTS) is 1. The molecule has 0 saturated heterocycles. The Morgan fingerprint density at radius 2 is 1.57 bits per heavy atom. The number of fused-ring (bicyclic) bond motifs is 2. The van der Waals surface area contributed by atoms with Gasteiger partial charge in [0.15, 0.2) is 0 Å². The minimum absolute atomic E-state index is 0.0612. The molecular formula is C21H16N2O4S. The monoisotopic (exact) mass is 392 g/mol. The summed E-state index contributed by atoms with van der Waals surface area (Å²) in [5.41, 5.74) is 1.88. The average molecular weight is 392 g/mol. The number of hydrogen-bond acceptors (Lipinski definition) is 4. The Labute approximate surface area is 165 Å². The van der Waals surface area contributed by atoms with Crippen LogP contribution in [-0.4, -0.2) is 24.2 Å². The molecule has 1 heterocycles. The van der Waals surface area contributed by atoms with E-state index < -0.39 is 12.0 Å². The van der Waals surface area contributed by atoms with Crippen molar-refractivity contribution in [3.63, 3.8) is 0 Å². The van der Waals surface area contributed by atoms with E-state index in [1.54, 1.807) is 16.7 Å². The molecule has 0 radical (unpaired) electrons. The Hall–Kier alpha value is -3.45. The Morgan fingerprint density at radius 3 is 2.14 bits per heavy atom. The van der Waals surface area contributed by atoms with Gasteiger partial charge in [0.05, 0.1) is 29.7 Å². The highest BCUT2D eigenvalue weighted by Gasteiger charge is 2.28. The molecule has 3 aromatic rings. The summed E-state index contributed by atoms with van der Waals surface area (Å²) in [5, 5.41) is 12.0. The second-order valence-electron chi connectivity index (χ2n) is 6.02. The van der Waals surface area contributed by atoms with Crippen molar-refractivity contribution in [1.82, 2.24) is 0 Å². The van der Waals surface area contributed by atoms with E-state index in [1.807, 2.05) is 48.5 Å². The second kappa shape index (κ2) is 7.28. The SMILES string of the molecule is COc1ccc(C(=O)O)cc1NC(=O)N1c2ccccc2Sc2ccccc21. The number of rotatable bonds is 3. The number of nitrogens with zero attached hydrogens (tertiary/aromatic N) is 1. The van der Waals surface area contributed by atoms with Gasteiger partial charge in [0.2, 0.25) is 0 Å². The molecule has 2 amide bonds. The summed E-state index contributed by atoms with van der Waals surface area (Å²) < 4.78 is 5.28. The van der Waals surface area contributed by atoms with E-state index >= 15 is 0 Å². The van der Waals surface area contributed by atoms with Gasteiger partial charge in [-0.1, -0.05) is 36.0 Å². The summed E-state index contributed by atoms with van der Waals surface area (Å²) in [4.78, 5) is 28.1. The van der Waals surface area contributed by atoms with E-state index in [1.165, 1.54) is 25.3 Å². The average Bonchev–Trinajstić information content (AvgIpc) is 2.71. The second-order valence-corrected chi connectivity index (χ2v) is 7.11. The van der Waals surface area contributed by atoms with E-state index in [9.17, 15) is 14.7 Å². The van der Waals surface area contributed by atoms with Crippen LogP contribution < -0.4 is 15.0 Å². The van der Waals surface area contributed by atoms with Crippen LogP contribution in [0.15, 0.2) is 76.5 Å². The summed E-state index contributed by atoms with van der Waals surface area (Å²) >= 11 is 1.60. The van der Waals surface area contributed by atoms with Crippen molar-refractivity contribution in [2.45, 2.75) is 9.79 Å². The number of methoxy groups -OCH3 is 1. The molecule has 0 aliphatic carbocycles. The van der Waals surface area contributed by atoms with Crippen LogP contribution in [0, 0.1) is 0 Å². The molecule has 0 fully saturated rings. The fraction of sp³-hybridized carbons (Fsp3) is 0.0476. The summed E-state index contributed by atoms with van der Waals surface area (Å²) in [5.74, 6) is -0.700. The van der Waals surface area contributed by atoms with Gasteiger partial charge in [0, 0.05) is 9.79 Å². The van der Waals surface area contributed by atoms with Gasteiger partial charge >= 0.3 is 12.0 Å². The van der Waals surface area contributed by atoms with E-state index in [0.29, 0.717) is 11.4 Å². The van der Waals surface area contributed by atoms with Crippen LogP contribution in [0.2, 0.25) is 0 Å². The molecule has 7 heteroatoms. The van der Waals surface area contributed by atoms with Crippen molar-refractivity contribution in [3.05, 3.63) is 72.3 Å². The van der Waals surface area contributed by atoms with E-state index in [-0.39, 0.29) is 5.56 Å². The molecular weight excluding hydrogens is 376 g/mol. The van der Waals surface area contributed by atoms with E-state index in [4.69, 9.17) is 4.74 Å². The number of benzene rings is 3. The van der Waals surface area contributed by atoms with E-state index in [2.05, 4.69) is 5.32 Å². The standard InChI is InChI=1S/C21H16N2O4S/c1-27-17-11-10-13(20(24)25)12-14(17)22-21(26)23-15-6-2-4-8-18(15)28-19-9-5-3-7-16(19)23/h2-12H,1H3,(H,22,26)(H,24,25). The first kappa shape index (κ1) is 17.9. The van der Waals surface area contributed by atoms with Gasteiger partial charge in [0.25, 0.3) is 0 Å². The molecule has 6 nitrogen and oxygen atoms in total. The predicted octanol–water partition coefficient (Wildman–Crippen LogP) is 5.23. The van der Waals surface area contributed by atoms with Crippen molar-refractivity contribution in [3.8, 4) is 5.75 Å². The molecule has 0 saturated carbocycles. The van der Waals surface area contributed by atoms with Crippen molar-refractivity contribution in [2.24, 2.45) is 0 Å². The molecule has 0 unspecified atom stereocenters. The maximum Gasteiger partial charge on any atom is 0.335 e. The van der Waals surface area contributed by atoms with Gasteiger partial charge in [-0.05, 0) is 42.5 Å². The molecule has 3 aromatic carbocycles. The van der Waals surface area contributed by atoms with Gasteiger partial charge in [-0.15, -0.1) is 0 Å². The van der Waals surface area contributed by atoms with Gasteiger partial charge < -0.3 is 15.2 Å². The number of urea groups is 1. The Bertz CT molecular complexity index is 1040. The van der Waals surface area contributed by atoms with Crippen LogP contribution in [0.3, 0.4) is 0 Å². The quantitative estimate of drug-likeness (QED) is 0.638. The number of para-hydroxylation sites is 2. The lowest BCUT2D eigenvalue weighted by molar-refractivity contribution is 0.0697. The number of nitrogens with one attached hydrogen (secondary N) is 1. The molecule has 1 aliphatic heterocycles. The molecule has 2 N–H and O–H groups in total. The third-order valence-corrected chi connectivity index (χ3v) is 5.45. The molecule has 28 heavy (non-hydrogen) atoms. The number of carbonyl (C=O) groups excluding carboxylic acids is 1. The summed E-state index contributed by atoms with van der Waals surface area (Å²) in [7, 11) is 1.47. The van der Waals surface area contributed by atoms with Crippen LogP contribution >= 0.6 is 11.8 Å². The van der Waals surface area contributed by atoms with Crippen LogP contribution in [0.5, 0.6) is 5.75 Å². The van der Waals surface area contributed by atoms with Gasteiger partial charge in [-0.3, -0.25) is 4.90 Å². The number of carbonyl (C=O) groups is 2. The predicted molar refractivity (Wildman–Crippen MR) is 108 cm³/mol. The van der Waals surface area contributed by atoms with Crippen molar-refractivity contribution >= 4 is 40.8 Å². The first-order valence-corrected chi connectivity index (χ1v) is 9.28. The number of aromatic carboxylic acids is 1. The molecule has 0 spiro atoms. The largest absolute Gasteiger partial charge is 0.495 e. The number of ether oxygens (including phenoxy) is 1. The molecule has 140 valence electrons. The third kappa shape index (κ3) is 3.16. The number of anilines is 3. The minimum Gasteiger partial charge on any atom is -0.495 e. The molecule has 4 rings (SSSR count). The zero-order valence-corrected chi connectivity index (χ0v) is 15.7. The van der Waals surface area contributed by atoms with Crippen molar-refractivity contribution < 1.29 is 19.4 Å². The summed E-state index contributed by atoms with van der Waals surface area (Å²) in [6, 6.07) is 19.2. The Morgan fingerprint density at radius 1 is 0.964 bits per heavy atom. The van der Waals surface area contributed by atoms with Gasteiger partial charge in [0.1, 0.15) is 5.75 Å². The maximum atomic E-state index is 13.2. The lowest BCUT2D eigenvalue weighted by atomic mass is 10.2. The lowest BCUT2D eigenvalue weighted by Gasteiger charge is -2.31. The molecule has 0 aromatic heterocycles. The fourth-order valence-electron chi connectivity index (χ4n) is 3.03. The number of hydrogen-bond donors (Lipinski definition) is 2. The lowest BCUT2D eigenvalue weighted by Crippen LogP contribution is -2.32. The van der Waals surface area contributed by atoms with Crippen molar-refractivity contribution in [2.75, 3.05) is 17.3 Å². The Balaban J connectivity index is 1.75. The van der Waals surface area contributed by atoms with Crippen molar-refractivity contribution in [1.29, 1.82) is 0 Å². The zero-order chi connectivity index (χ0) is 19.7. The fourth-order valence-corrected chi connectivity index (χ4v) is 4.09.